The van der Waals surface area contributed by atoms with Gasteiger partial charge in [0.15, 0.2) is 5.96 Å². The van der Waals surface area contributed by atoms with E-state index in [1.807, 2.05) is 4.90 Å². The number of hydrogen-bond donors (Lipinski definition) is 2. The Hall–Kier alpha value is -1.74. The summed E-state index contributed by atoms with van der Waals surface area (Å²) in [4.78, 5) is 19.8. The molecule has 0 saturated carbocycles. The van der Waals surface area contributed by atoms with Crippen LogP contribution in [-0.2, 0) is 24.4 Å². The quantitative estimate of drug-likeness (QED) is 0.216. The van der Waals surface area contributed by atoms with Gasteiger partial charge in [0.05, 0.1) is 6.54 Å². The fourth-order valence-electron chi connectivity index (χ4n) is 3.53. The van der Waals surface area contributed by atoms with Crippen molar-refractivity contribution in [1.82, 2.24) is 15.5 Å². The molecule has 0 unspecified atom stereocenters. The SMILES string of the molecule is CCNC(=NCc1ccc(CN2CCCC2=O)cc1)NCc1ccc(C)cc1SC.I. The van der Waals surface area contributed by atoms with Gasteiger partial charge in [-0.25, -0.2) is 4.99 Å². The van der Waals surface area contributed by atoms with Gasteiger partial charge in [0.1, 0.15) is 0 Å². The third-order valence-electron chi connectivity index (χ3n) is 5.22. The highest BCUT2D eigenvalue weighted by atomic mass is 127. The van der Waals surface area contributed by atoms with Crippen LogP contribution in [0.5, 0.6) is 0 Å². The Morgan fingerprint density at radius 2 is 1.87 bits per heavy atom. The number of hydrogen-bond acceptors (Lipinski definition) is 3. The van der Waals surface area contributed by atoms with E-state index in [9.17, 15) is 4.79 Å². The van der Waals surface area contributed by atoms with Crippen LogP contribution in [0.3, 0.4) is 0 Å². The molecule has 0 bridgehead atoms. The predicted octanol–water partition coefficient (Wildman–Crippen LogP) is 4.71. The number of thioether (sulfide) groups is 1. The summed E-state index contributed by atoms with van der Waals surface area (Å²) < 4.78 is 0. The molecule has 2 N–H and O–H groups in total. The molecule has 1 amide bonds. The number of carbonyl (C=O) groups excluding carboxylic acids is 1. The minimum absolute atomic E-state index is 0. The van der Waals surface area contributed by atoms with E-state index >= 15 is 0 Å². The molecule has 7 heteroatoms. The highest BCUT2D eigenvalue weighted by molar-refractivity contribution is 14.0. The lowest BCUT2D eigenvalue weighted by atomic mass is 10.1. The second kappa shape index (κ2) is 13.0. The Balaban J connectivity index is 0.00000341. The molecule has 1 heterocycles. The molecule has 5 nitrogen and oxygen atoms in total. The summed E-state index contributed by atoms with van der Waals surface area (Å²) in [5.74, 6) is 1.08. The molecule has 1 fully saturated rings. The summed E-state index contributed by atoms with van der Waals surface area (Å²) in [6.45, 7) is 7.95. The van der Waals surface area contributed by atoms with E-state index in [0.717, 1.165) is 37.6 Å². The van der Waals surface area contributed by atoms with Crippen molar-refractivity contribution in [1.29, 1.82) is 0 Å². The van der Waals surface area contributed by atoms with Gasteiger partial charge in [-0.2, -0.15) is 0 Å². The number of halogens is 1. The van der Waals surface area contributed by atoms with Gasteiger partial charge in [-0.1, -0.05) is 36.4 Å². The van der Waals surface area contributed by atoms with Crippen molar-refractivity contribution < 1.29 is 4.79 Å². The van der Waals surface area contributed by atoms with Crippen molar-refractivity contribution in [3.8, 4) is 0 Å². The van der Waals surface area contributed by atoms with Crippen molar-refractivity contribution in [3.05, 3.63) is 64.7 Å². The Morgan fingerprint density at radius 1 is 1.13 bits per heavy atom. The Bertz CT molecular complexity index is 886. The smallest absolute Gasteiger partial charge is 0.222 e. The number of carbonyl (C=O) groups is 1. The molecule has 0 atom stereocenters. The summed E-state index contributed by atoms with van der Waals surface area (Å²) in [5, 5.41) is 6.77. The summed E-state index contributed by atoms with van der Waals surface area (Å²) in [6, 6.07) is 15.0. The molecule has 2 aromatic carbocycles. The highest BCUT2D eigenvalue weighted by Crippen LogP contribution is 2.21. The lowest BCUT2D eigenvalue weighted by Gasteiger charge is -2.15. The topological polar surface area (TPSA) is 56.7 Å². The Kier molecular flexibility index (Phi) is 10.7. The van der Waals surface area contributed by atoms with E-state index in [1.165, 1.54) is 21.6 Å². The Labute approximate surface area is 207 Å². The van der Waals surface area contributed by atoms with Crippen LogP contribution in [-0.4, -0.2) is 36.1 Å². The maximum Gasteiger partial charge on any atom is 0.222 e. The van der Waals surface area contributed by atoms with Gasteiger partial charge >= 0.3 is 0 Å². The normalized spacial score (nSPS) is 13.8. The molecule has 0 radical (unpaired) electrons. The number of nitrogens with one attached hydrogen (secondary N) is 2. The molecule has 0 aliphatic carbocycles. The van der Waals surface area contributed by atoms with Crippen LogP contribution in [0, 0.1) is 6.92 Å². The van der Waals surface area contributed by atoms with Gasteiger partial charge in [0.25, 0.3) is 0 Å². The molecule has 1 saturated heterocycles. The highest BCUT2D eigenvalue weighted by Gasteiger charge is 2.19. The first-order valence-corrected chi connectivity index (χ1v) is 11.8. The summed E-state index contributed by atoms with van der Waals surface area (Å²) in [5.41, 5.74) is 4.89. The van der Waals surface area contributed by atoms with Gasteiger partial charge in [-0.3, -0.25) is 4.79 Å². The summed E-state index contributed by atoms with van der Waals surface area (Å²) >= 11 is 1.77. The van der Waals surface area contributed by atoms with E-state index in [2.05, 4.69) is 73.2 Å². The molecule has 1 aliphatic heterocycles. The molecule has 31 heavy (non-hydrogen) atoms. The Morgan fingerprint density at radius 3 is 2.52 bits per heavy atom. The van der Waals surface area contributed by atoms with Crippen molar-refractivity contribution in [3.63, 3.8) is 0 Å². The average Bonchev–Trinajstić information content (AvgIpc) is 3.16. The summed E-state index contributed by atoms with van der Waals surface area (Å²) in [7, 11) is 0. The monoisotopic (exact) mass is 552 g/mol. The van der Waals surface area contributed by atoms with E-state index in [0.29, 0.717) is 19.5 Å². The number of nitrogens with zero attached hydrogens (tertiary/aromatic N) is 2. The molecule has 3 rings (SSSR count). The second-order valence-electron chi connectivity index (χ2n) is 7.60. The largest absolute Gasteiger partial charge is 0.357 e. The number of guanidine groups is 1. The van der Waals surface area contributed by atoms with Crippen LogP contribution in [0.2, 0.25) is 0 Å². The van der Waals surface area contributed by atoms with E-state index < -0.39 is 0 Å². The first-order chi connectivity index (χ1) is 14.6. The minimum atomic E-state index is 0. The lowest BCUT2D eigenvalue weighted by molar-refractivity contribution is -0.128. The first-order valence-electron chi connectivity index (χ1n) is 10.6. The third kappa shape index (κ3) is 7.71. The molecule has 168 valence electrons. The van der Waals surface area contributed by atoms with Crippen molar-refractivity contribution in [2.24, 2.45) is 4.99 Å². The first kappa shape index (κ1) is 25.5. The van der Waals surface area contributed by atoms with Gasteiger partial charge in [-0.15, -0.1) is 35.7 Å². The van der Waals surface area contributed by atoms with Crippen molar-refractivity contribution in [2.75, 3.05) is 19.3 Å². The van der Waals surface area contributed by atoms with Crippen LogP contribution < -0.4 is 10.6 Å². The zero-order valence-electron chi connectivity index (χ0n) is 18.6. The van der Waals surface area contributed by atoms with Crippen LogP contribution in [0.1, 0.15) is 42.0 Å². The molecule has 1 aliphatic rings. The molecular formula is C24H33IN4OS. The number of aryl methyl sites for hydroxylation is 1. The van der Waals surface area contributed by atoms with Gasteiger partial charge in [0, 0.05) is 37.5 Å². The van der Waals surface area contributed by atoms with Crippen LogP contribution in [0.25, 0.3) is 0 Å². The fourth-order valence-corrected chi connectivity index (χ4v) is 4.24. The predicted molar refractivity (Wildman–Crippen MR) is 141 cm³/mol. The number of amides is 1. The van der Waals surface area contributed by atoms with Crippen molar-refractivity contribution in [2.45, 2.75) is 51.2 Å². The second-order valence-corrected chi connectivity index (χ2v) is 8.45. The number of rotatable bonds is 8. The van der Waals surface area contributed by atoms with Crippen LogP contribution in [0.15, 0.2) is 52.4 Å². The zero-order chi connectivity index (χ0) is 21.3. The van der Waals surface area contributed by atoms with E-state index in [-0.39, 0.29) is 29.9 Å². The summed E-state index contributed by atoms with van der Waals surface area (Å²) in [6.07, 6.45) is 3.78. The maximum absolute atomic E-state index is 11.8. The van der Waals surface area contributed by atoms with Gasteiger partial charge in [0.2, 0.25) is 5.91 Å². The van der Waals surface area contributed by atoms with Crippen LogP contribution in [0.4, 0.5) is 0 Å². The maximum atomic E-state index is 11.8. The van der Waals surface area contributed by atoms with E-state index in [1.54, 1.807) is 11.8 Å². The molecule has 0 spiro atoms. The van der Waals surface area contributed by atoms with Gasteiger partial charge < -0.3 is 15.5 Å². The zero-order valence-corrected chi connectivity index (χ0v) is 21.8. The average molecular weight is 553 g/mol. The van der Waals surface area contributed by atoms with Crippen LogP contribution >= 0.6 is 35.7 Å². The third-order valence-corrected chi connectivity index (χ3v) is 6.04. The number of likely N-dealkylation sites (tertiary alicyclic amines) is 1. The number of aliphatic imine (C=N–C) groups is 1. The standard InChI is InChI=1S/C24H32N4OS.HI/c1-4-25-24(27-16-21-12-7-18(2)14-22(21)30-3)26-15-19-8-10-20(11-9-19)17-28-13-5-6-23(28)29;/h7-12,14H,4-6,13,15-17H2,1-3H3,(H2,25,26,27);1H. The molecular weight excluding hydrogens is 519 g/mol. The lowest BCUT2D eigenvalue weighted by Crippen LogP contribution is -2.36. The van der Waals surface area contributed by atoms with E-state index in [4.69, 9.17) is 4.99 Å². The van der Waals surface area contributed by atoms with Crippen molar-refractivity contribution >= 4 is 47.6 Å². The number of benzene rings is 2. The molecule has 2 aromatic rings. The fraction of sp³-hybridized carbons (Fsp3) is 0.417. The minimum Gasteiger partial charge on any atom is -0.357 e. The molecule has 0 aromatic heterocycles. The van der Waals surface area contributed by atoms with Gasteiger partial charge in [-0.05, 0) is 54.8 Å².